The molecule has 2 amide bonds. The predicted molar refractivity (Wildman–Crippen MR) is 86.8 cm³/mol. The molecule has 0 aliphatic rings. The van der Waals surface area contributed by atoms with Crippen LogP contribution in [-0.2, 0) is 6.42 Å². The third kappa shape index (κ3) is 4.71. The van der Waals surface area contributed by atoms with E-state index in [4.69, 9.17) is 0 Å². The highest BCUT2D eigenvalue weighted by atomic mass is 79.9. The molecule has 2 aromatic rings. The maximum Gasteiger partial charge on any atom is 0.335 e. The minimum Gasteiger partial charge on any atom is -0.291 e. The van der Waals surface area contributed by atoms with Crippen LogP contribution in [0.3, 0.4) is 0 Å². The fraction of sp³-hybridized carbons (Fsp3) is 0.143. The van der Waals surface area contributed by atoms with Crippen molar-refractivity contribution < 1.29 is 9.18 Å². The number of urea groups is 1. The quantitative estimate of drug-likeness (QED) is 0.630. The van der Waals surface area contributed by atoms with Gasteiger partial charge in [0.1, 0.15) is 5.82 Å². The number of anilines is 1. The van der Waals surface area contributed by atoms with Crippen LogP contribution in [0.25, 0.3) is 0 Å². The van der Waals surface area contributed by atoms with Crippen molar-refractivity contribution in [3.8, 4) is 0 Å². The van der Waals surface area contributed by atoms with Gasteiger partial charge in [0.15, 0.2) is 6.30 Å². The summed E-state index contributed by atoms with van der Waals surface area (Å²) >= 11 is 7.15. The lowest BCUT2D eigenvalue weighted by Gasteiger charge is -2.20. The zero-order chi connectivity index (χ0) is 15.2. The van der Waals surface area contributed by atoms with E-state index in [1.807, 2.05) is 18.2 Å². The summed E-state index contributed by atoms with van der Waals surface area (Å²) in [6.45, 7) is 0. The molecule has 1 unspecified atom stereocenters. The Balaban J connectivity index is 1.93. The van der Waals surface area contributed by atoms with Gasteiger partial charge in [-0.15, -0.1) is 0 Å². The molecule has 0 fully saturated rings. The van der Waals surface area contributed by atoms with Crippen LogP contribution in [0, 0.1) is 0 Å². The van der Waals surface area contributed by atoms with Gasteiger partial charge in [-0.05, 0) is 33.6 Å². The summed E-state index contributed by atoms with van der Waals surface area (Å²) < 4.78 is 15.6. The Hall–Kier alpha value is -1.60. The van der Waals surface area contributed by atoms with Gasteiger partial charge in [0.05, 0.1) is 0 Å². The first-order valence-electron chi connectivity index (χ1n) is 6.15. The van der Waals surface area contributed by atoms with E-state index in [2.05, 4.69) is 39.0 Å². The van der Waals surface area contributed by atoms with Crippen molar-refractivity contribution in [2.75, 3.05) is 5.32 Å². The summed E-state index contributed by atoms with van der Waals surface area (Å²) in [5.41, 5.74) is 0.790. The number of alkyl halides is 1. The molecule has 4 nitrogen and oxygen atoms in total. The maximum atomic E-state index is 14.1. The van der Waals surface area contributed by atoms with Crippen LogP contribution >= 0.6 is 28.7 Å². The summed E-state index contributed by atoms with van der Waals surface area (Å²) in [7, 11) is 0. The highest BCUT2D eigenvalue weighted by Gasteiger charge is 2.21. The van der Waals surface area contributed by atoms with E-state index in [9.17, 15) is 9.18 Å². The fourth-order valence-electron chi connectivity index (χ4n) is 1.64. The first-order valence-corrected chi connectivity index (χ1v) is 7.34. The lowest BCUT2D eigenvalue weighted by atomic mass is 10.1. The minimum absolute atomic E-state index is 0.0749. The van der Waals surface area contributed by atoms with Gasteiger partial charge < -0.3 is 0 Å². The molecular weight excluding hydrogens is 357 g/mol. The lowest BCUT2D eigenvalue weighted by Crippen LogP contribution is -2.35. The number of benzene rings is 1. The van der Waals surface area contributed by atoms with E-state index < -0.39 is 12.3 Å². The van der Waals surface area contributed by atoms with Gasteiger partial charge in [0, 0.05) is 17.1 Å². The highest BCUT2D eigenvalue weighted by Crippen LogP contribution is 2.15. The molecule has 1 aromatic heterocycles. The molecule has 1 N–H and O–H groups in total. The average molecular weight is 370 g/mol. The average Bonchev–Trinajstić information content (AvgIpc) is 2.49. The number of pyridine rings is 1. The Morgan fingerprint density at radius 2 is 2.05 bits per heavy atom. The highest BCUT2D eigenvalue weighted by molar-refractivity contribution is 9.10. The van der Waals surface area contributed by atoms with E-state index in [0.717, 1.165) is 14.3 Å². The zero-order valence-corrected chi connectivity index (χ0v) is 13.4. The second-order valence-corrected chi connectivity index (χ2v) is 5.61. The van der Waals surface area contributed by atoms with Gasteiger partial charge in [0.25, 0.3) is 0 Å². The molecule has 0 spiro atoms. The molecule has 0 saturated carbocycles. The standard InChI is InChI=1S/C14H13BrFN3OS/c15-11-6-7-13(17-9-11)18-14(20)19(21)12(16)8-10-4-2-1-3-5-10/h1-7,9,12,21H,8H2,(H,17,18,20). The second kappa shape index (κ2) is 7.42. The molecule has 0 saturated heterocycles. The number of hydrogen-bond acceptors (Lipinski definition) is 3. The number of nitrogens with zero attached hydrogens (tertiary/aromatic N) is 2. The fourth-order valence-corrected chi connectivity index (χ4v) is 2.01. The third-order valence-corrected chi connectivity index (χ3v) is 3.58. The van der Waals surface area contributed by atoms with Crippen molar-refractivity contribution in [2.24, 2.45) is 0 Å². The van der Waals surface area contributed by atoms with Crippen LogP contribution in [-0.4, -0.2) is 21.6 Å². The number of aromatic nitrogens is 1. The molecular formula is C14H13BrFN3OS. The Labute approximate surface area is 136 Å². The van der Waals surface area contributed by atoms with Crippen molar-refractivity contribution >= 4 is 40.6 Å². The van der Waals surface area contributed by atoms with Crippen molar-refractivity contribution in [1.29, 1.82) is 0 Å². The van der Waals surface area contributed by atoms with E-state index in [0.29, 0.717) is 5.82 Å². The molecule has 0 radical (unpaired) electrons. The smallest absolute Gasteiger partial charge is 0.291 e. The largest absolute Gasteiger partial charge is 0.335 e. The molecule has 0 aliphatic heterocycles. The first-order chi connectivity index (χ1) is 10.1. The van der Waals surface area contributed by atoms with Crippen LogP contribution in [0.5, 0.6) is 0 Å². The van der Waals surface area contributed by atoms with Crippen LogP contribution in [0.1, 0.15) is 5.56 Å². The summed E-state index contributed by atoms with van der Waals surface area (Å²) in [4.78, 5) is 15.9. The van der Waals surface area contributed by atoms with Gasteiger partial charge in [-0.1, -0.05) is 43.1 Å². The zero-order valence-electron chi connectivity index (χ0n) is 10.9. The molecule has 2 rings (SSSR count). The Morgan fingerprint density at radius 1 is 1.33 bits per heavy atom. The normalized spacial score (nSPS) is 11.8. The SMILES string of the molecule is O=C(Nc1ccc(Br)cn1)N(S)C(F)Cc1ccccc1. The molecule has 1 atom stereocenters. The number of hydrogen-bond donors (Lipinski definition) is 2. The molecule has 21 heavy (non-hydrogen) atoms. The first kappa shape index (κ1) is 15.8. The van der Waals surface area contributed by atoms with E-state index in [-0.39, 0.29) is 6.42 Å². The van der Waals surface area contributed by atoms with Gasteiger partial charge in [0.2, 0.25) is 0 Å². The summed E-state index contributed by atoms with van der Waals surface area (Å²) in [6.07, 6.45) is 0.0761. The Morgan fingerprint density at radius 3 is 2.67 bits per heavy atom. The van der Waals surface area contributed by atoms with Crippen molar-refractivity contribution in [3.63, 3.8) is 0 Å². The summed E-state index contributed by atoms with van der Waals surface area (Å²) in [5.74, 6) is 0.328. The summed E-state index contributed by atoms with van der Waals surface area (Å²) in [5, 5.41) is 2.47. The molecule has 0 aliphatic carbocycles. The van der Waals surface area contributed by atoms with Crippen LogP contribution in [0.4, 0.5) is 15.0 Å². The monoisotopic (exact) mass is 369 g/mol. The van der Waals surface area contributed by atoms with Gasteiger partial charge in [-0.2, -0.15) is 0 Å². The number of amides is 2. The molecule has 0 bridgehead atoms. The molecule has 110 valence electrons. The van der Waals surface area contributed by atoms with Crippen molar-refractivity contribution in [3.05, 3.63) is 58.7 Å². The van der Waals surface area contributed by atoms with Gasteiger partial charge >= 0.3 is 6.03 Å². The topological polar surface area (TPSA) is 45.2 Å². The van der Waals surface area contributed by atoms with Gasteiger partial charge in [-0.3, -0.25) is 5.32 Å². The number of rotatable bonds is 4. The van der Waals surface area contributed by atoms with E-state index in [1.54, 1.807) is 24.3 Å². The van der Waals surface area contributed by atoms with E-state index in [1.165, 1.54) is 6.20 Å². The van der Waals surface area contributed by atoms with Crippen LogP contribution in [0.15, 0.2) is 53.1 Å². The number of nitrogens with one attached hydrogen (secondary N) is 1. The minimum atomic E-state index is -1.54. The summed E-state index contributed by atoms with van der Waals surface area (Å²) in [6, 6.07) is 11.7. The second-order valence-electron chi connectivity index (χ2n) is 4.26. The van der Waals surface area contributed by atoms with E-state index >= 15 is 0 Å². The number of thiol groups is 1. The number of carbonyl (C=O) groups excluding carboxylic acids is 1. The van der Waals surface area contributed by atoms with Crippen molar-refractivity contribution in [2.45, 2.75) is 12.7 Å². The Kier molecular flexibility index (Phi) is 5.58. The Bertz CT molecular complexity index is 597. The molecule has 7 heteroatoms. The number of carbonyl (C=O) groups is 1. The number of halogens is 2. The maximum absolute atomic E-state index is 14.1. The van der Waals surface area contributed by atoms with Crippen molar-refractivity contribution in [1.82, 2.24) is 9.29 Å². The molecule has 1 aromatic carbocycles. The predicted octanol–water partition coefficient (Wildman–Crippen LogP) is 4.06. The van der Waals surface area contributed by atoms with Gasteiger partial charge in [-0.25, -0.2) is 18.5 Å². The molecule has 1 heterocycles. The third-order valence-electron chi connectivity index (χ3n) is 2.68. The van der Waals surface area contributed by atoms with Crippen LogP contribution < -0.4 is 5.32 Å². The van der Waals surface area contributed by atoms with Crippen LogP contribution in [0.2, 0.25) is 0 Å². The lowest BCUT2D eigenvalue weighted by molar-refractivity contribution is 0.181.